The molecule has 0 aliphatic carbocycles. The van der Waals surface area contributed by atoms with Gasteiger partial charge in [-0.1, -0.05) is 0 Å². The Balaban J connectivity index is 4.00. The maximum Gasteiger partial charge on any atom is 0.304 e. The first kappa shape index (κ1) is 15.3. The quantitative estimate of drug-likeness (QED) is 0.620. The number of aliphatic carboxylic acids is 1. The zero-order valence-corrected chi connectivity index (χ0v) is 10.7. The molecule has 0 spiro atoms. The maximum atomic E-state index is 11.4. The lowest BCUT2D eigenvalue weighted by atomic mass is 10.2. The van der Waals surface area contributed by atoms with Crippen LogP contribution in [0.2, 0.25) is 0 Å². The second kappa shape index (κ2) is 6.82. The van der Waals surface area contributed by atoms with Gasteiger partial charge in [-0.2, -0.15) is 0 Å². The number of carboxylic acid groups (broad SMARTS) is 1. The molecule has 0 aromatic rings. The largest absolute Gasteiger partial charge is 0.481 e. The van der Waals surface area contributed by atoms with E-state index in [9.17, 15) is 13.2 Å². The highest BCUT2D eigenvalue weighted by molar-refractivity contribution is 7.89. The topological polar surface area (TPSA) is 86.7 Å². The molecule has 7 heteroatoms. The van der Waals surface area contributed by atoms with Crippen molar-refractivity contribution in [1.82, 2.24) is 9.62 Å². The number of carboxylic acids is 1. The van der Waals surface area contributed by atoms with Gasteiger partial charge in [0.1, 0.15) is 0 Å². The minimum Gasteiger partial charge on any atom is -0.481 e. The van der Waals surface area contributed by atoms with Crippen LogP contribution in [0.5, 0.6) is 0 Å². The molecule has 0 saturated carbocycles. The number of nitrogens with one attached hydrogen (secondary N) is 1. The van der Waals surface area contributed by atoms with Crippen LogP contribution in [0.25, 0.3) is 0 Å². The highest BCUT2D eigenvalue weighted by Gasteiger charge is 2.15. The fourth-order valence-corrected chi connectivity index (χ4v) is 2.39. The van der Waals surface area contributed by atoms with Crippen molar-refractivity contribution in [3.8, 4) is 0 Å². The average molecular weight is 252 g/mol. The molecule has 0 rings (SSSR count). The summed E-state index contributed by atoms with van der Waals surface area (Å²) < 4.78 is 25.3. The van der Waals surface area contributed by atoms with Gasteiger partial charge in [0.05, 0.1) is 12.2 Å². The first-order valence-corrected chi connectivity index (χ1v) is 6.74. The molecule has 0 radical (unpaired) electrons. The first-order valence-electron chi connectivity index (χ1n) is 5.09. The third-order valence-electron chi connectivity index (χ3n) is 1.97. The molecule has 0 aliphatic rings. The summed E-state index contributed by atoms with van der Waals surface area (Å²) in [5, 5.41) is 8.39. The third kappa shape index (κ3) is 8.63. The molecule has 0 aromatic carbocycles. The van der Waals surface area contributed by atoms with Crippen molar-refractivity contribution in [2.24, 2.45) is 0 Å². The van der Waals surface area contributed by atoms with Gasteiger partial charge in [0, 0.05) is 6.04 Å². The van der Waals surface area contributed by atoms with Crippen LogP contribution in [0, 0.1) is 0 Å². The Morgan fingerprint density at radius 2 is 2.00 bits per heavy atom. The lowest BCUT2D eigenvalue weighted by molar-refractivity contribution is -0.136. The van der Waals surface area contributed by atoms with E-state index in [1.807, 2.05) is 19.0 Å². The fraction of sp³-hybridized carbons (Fsp3) is 0.889. The molecule has 2 N–H and O–H groups in total. The van der Waals surface area contributed by atoms with Gasteiger partial charge in [-0.15, -0.1) is 0 Å². The van der Waals surface area contributed by atoms with Crippen molar-refractivity contribution < 1.29 is 18.3 Å². The van der Waals surface area contributed by atoms with Crippen LogP contribution in [0.1, 0.15) is 19.8 Å². The maximum absolute atomic E-state index is 11.4. The van der Waals surface area contributed by atoms with Gasteiger partial charge in [0.25, 0.3) is 0 Å². The monoisotopic (exact) mass is 252 g/mol. The zero-order chi connectivity index (χ0) is 12.8. The Morgan fingerprint density at radius 1 is 1.44 bits per heavy atom. The van der Waals surface area contributed by atoms with Gasteiger partial charge in [-0.25, -0.2) is 13.1 Å². The Labute approximate surface area is 96.7 Å². The molecular weight excluding hydrogens is 232 g/mol. The molecule has 0 saturated heterocycles. The van der Waals surface area contributed by atoms with Crippen molar-refractivity contribution >= 4 is 16.0 Å². The summed E-state index contributed by atoms with van der Waals surface area (Å²) in [6.45, 7) is 2.55. The predicted molar refractivity (Wildman–Crippen MR) is 61.8 cm³/mol. The van der Waals surface area contributed by atoms with Crippen molar-refractivity contribution in [2.45, 2.75) is 25.8 Å². The van der Waals surface area contributed by atoms with E-state index in [1.165, 1.54) is 0 Å². The summed E-state index contributed by atoms with van der Waals surface area (Å²) in [5.74, 6) is -1.47. The lowest BCUT2D eigenvalue weighted by Crippen LogP contribution is -2.36. The standard InChI is InChI=1S/C9H20N2O4S/c1-8(4-6-11(2)3)10-16(14,15)7-5-9(12)13/h8,10H,4-7H2,1-3H3,(H,12,13). The zero-order valence-electron chi connectivity index (χ0n) is 9.93. The van der Waals surface area contributed by atoms with E-state index in [-0.39, 0.29) is 18.2 Å². The number of rotatable bonds is 8. The highest BCUT2D eigenvalue weighted by Crippen LogP contribution is 1.97. The van der Waals surface area contributed by atoms with Crippen LogP contribution in [0.3, 0.4) is 0 Å². The minimum absolute atomic E-state index is 0.179. The van der Waals surface area contributed by atoms with Gasteiger partial charge in [-0.05, 0) is 34.0 Å². The molecule has 0 bridgehead atoms. The molecular formula is C9H20N2O4S. The Hall–Kier alpha value is -0.660. The molecule has 0 heterocycles. The van der Waals surface area contributed by atoms with Gasteiger partial charge in [0.2, 0.25) is 10.0 Å². The number of hydrogen-bond acceptors (Lipinski definition) is 4. The Bertz CT molecular complexity index is 313. The van der Waals surface area contributed by atoms with Crippen LogP contribution in [-0.2, 0) is 14.8 Å². The van der Waals surface area contributed by atoms with Crippen molar-refractivity contribution in [3.05, 3.63) is 0 Å². The number of sulfonamides is 1. The summed E-state index contributed by atoms with van der Waals surface area (Å²) in [5.41, 5.74) is 0. The summed E-state index contributed by atoms with van der Waals surface area (Å²) in [4.78, 5) is 12.2. The minimum atomic E-state index is -3.47. The fourth-order valence-electron chi connectivity index (χ4n) is 1.10. The van der Waals surface area contributed by atoms with E-state index < -0.39 is 16.0 Å². The summed E-state index contributed by atoms with van der Waals surface area (Å²) in [7, 11) is 0.344. The third-order valence-corrected chi connectivity index (χ3v) is 3.48. The molecule has 16 heavy (non-hydrogen) atoms. The molecule has 0 aromatic heterocycles. The number of carbonyl (C=O) groups is 1. The molecule has 0 aliphatic heterocycles. The molecule has 0 amide bonds. The van der Waals surface area contributed by atoms with E-state index in [2.05, 4.69) is 4.72 Å². The van der Waals surface area contributed by atoms with Crippen molar-refractivity contribution in [3.63, 3.8) is 0 Å². The van der Waals surface area contributed by atoms with E-state index in [1.54, 1.807) is 6.92 Å². The molecule has 0 fully saturated rings. The van der Waals surface area contributed by atoms with Gasteiger partial charge in [0.15, 0.2) is 0 Å². The Kier molecular flexibility index (Phi) is 6.54. The summed E-state index contributed by atoms with van der Waals surface area (Å²) in [6.07, 6.45) is 0.328. The van der Waals surface area contributed by atoms with Crippen LogP contribution in [0.15, 0.2) is 0 Å². The SMILES string of the molecule is CC(CCN(C)C)NS(=O)(=O)CCC(=O)O. The smallest absolute Gasteiger partial charge is 0.304 e. The highest BCUT2D eigenvalue weighted by atomic mass is 32.2. The average Bonchev–Trinajstić information content (AvgIpc) is 2.11. The molecule has 96 valence electrons. The van der Waals surface area contributed by atoms with Gasteiger partial charge >= 0.3 is 5.97 Å². The number of hydrogen-bond donors (Lipinski definition) is 2. The van der Waals surface area contributed by atoms with Crippen molar-refractivity contribution in [2.75, 3.05) is 26.4 Å². The summed E-state index contributed by atoms with van der Waals surface area (Å²) in [6, 6.07) is -0.179. The lowest BCUT2D eigenvalue weighted by Gasteiger charge is -2.16. The normalized spacial score (nSPS) is 14.0. The Morgan fingerprint density at radius 3 is 2.44 bits per heavy atom. The van der Waals surface area contributed by atoms with E-state index in [4.69, 9.17) is 5.11 Å². The van der Waals surface area contributed by atoms with Crippen LogP contribution >= 0.6 is 0 Å². The van der Waals surface area contributed by atoms with Crippen molar-refractivity contribution in [1.29, 1.82) is 0 Å². The second-order valence-corrected chi connectivity index (χ2v) is 5.95. The summed E-state index contributed by atoms with van der Waals surface area (Å²) >= 11 is 0. The van der Waals surface area contributed by atoms with Crippen LogP contribution in [-0.4, -0.2) is 56.8 Å². The van der Waals surface area contributed by atoms with E-state index in [0.29, 0.717) is 6.42 Å². The van der Waals surface area contributed by atoms with Gasteiger partial charge < -0.3 is 10.0 Å². The first-order chi connectivity index (χ1) is 7.23. The van der Waals surface area contributed by atoms with Crippen LogP contribution in [0.4, 0.5) is 0 Å². The van der Waals surface area contributed by atoms with E-state index >= 15 is 0 Å². The molecule has 6 nitrogen and oxygen atoms in total. The van der Waals surface area contributed by atoms with Gasteiger partial charge in [-0.3, -0.25) is 4.79 Å². The van der Waals surface area contributed by atoms with Crippen LogP contribution < -0.4 is 4.72 Å². The second-order valence-electron chi connectivity index (χ2n) is 4.07. The molecule has 1 atom stereocenters. The predicted octanol–water partition coefficient (Wildman–Crippen LogP) is -0.279. The number of nitrogens with zero attached hydrogens (tertiary/aromatic N) is 1. The van der Waals surface area contributed by atoms with E-state index in [0.717, 1.165) is 6.54 Å². The molecule has 1 unspecified atom stereocenters.